The van der Waals surface area contributed by atoms with Gasteiger partial charge in [-0.15, -0.1) is 0 Å². The van der Waals surface area contributed by atoms with E-state index in [1.54, 1.807) is 0 Å². The Morgan fingerprint density at radius 2 is 2.06 bits per heavy atom. The minimum Gasteiger partial charge on any atom is -0.508 e. The number of amides is 1. The average Bonchev–Trinajstić information content (AvgIpc) is 2.15. The number of hydrogen-bond acceptors (Lipinski definition) is 4. The zero-order valence-corrected chi connectivity index (χ0v) is 7.86. The average molecular weight is 223 g/mol. The van der Waals surface area contributed by atoms with Gasteiger partial charge in [-0.1, -0.05) is 0 Å². The zero-order chi connectivity index (χ0) is 11.9. The van der Waals surface area contributed by atoms with Crippen LogP contribution in [-0.4, -0.2) is 11.0 Å². The molecular formula is C10H6FNO4. The van der Waals surface area contributed by atoms with Crippen molar-refractivity contribution < 1.29 is 18.7 Å². The number of halogens is 1. The first-order chi connectivity index (χ1) is 7.49. The molecular weight excluding hydrogens is 217 g/mol. The number of hydrogen-bond donors (Lipinski definition) is 2. The van der Waals surface area contributed by atoms with E-state index < -0.39 is 22.9 Å². The van der Waals surface area contributed by atoms with Crippen LogP contribution < -0.4 is 11.4 Å². The van der Waals surface area contributed by atoms with Crippen molar-refractivity contribution in [2.24, 2.45) is 5.73 Å². The highest BCUT2D eigenvalue weighted by Crippen LogP contribution is 2.22. The molecule has 2 rings (SSSR count). The number of carbonyl (C=O) groups is 1. The van der Waals surface area contributed by atoms with E-state index in [1.165, 1.54) is 0 Å². The summed E-state index contributed by atoms with van der Waals surface area (Å²) in [6.07, 6.45) is 0. The van der Waals surface area contributed by atoms with E-state index in [1.807, 2.05) is 0 Å². The number of nitrogens with two attached hydrogens (primary N) is 1. The summed E-state index contributed by atoms with van der Waals surface area (Å²) in [7, 11) is 0. The number of benzene rings is 1. The van der Waals surface area contributed by atoms with Crippen LogP contribution in [0.5, 0.6) is 5.75 Å². The van der Waals surface area contributed by atoms with Gasteiger partial charge < -0.3 is 15.3 Å². The number of aromatic hydroxyl groups is 1. The van der Waals surface area contributed by atoms with Crippen molar-refractivity contribution >= 4 is 16.9 Å². The fraction of sp³-hybridized carbons (Fsp3) is 0. The lowest BCUT2D eigenvalue weighted by Gasteiger charge is -2.01. The molecule has 0 radical (unpaired) electrons. The van der Waals surface area contributed by atoms with Crippen molar-refractivity contribution in [3.63, 3.8) is 0 Å². The first-order valence-electron chi connectivity index (χ1n) is 4.25. The lowest BCUT2D eigenvalue weighted by atomic mass is 10.1. The number of carbonyl (C=O) groups excluding carboxylic acids is 1. The van der Waals surface area contributed by atoms with Crippen LogP contribution in [0.15, 0.2) is 27.4 Å². The second-order valence-electron chi connectivity index (χ2n) is 3.15. The highest BCUT2D eigenvalue weighted by atomic mass is 19.1. The summed E-state index contributed by atoms with van der Waals surface area (Å²) in [5, 5.41) is 9.00. The number of phenols is 1. The first-order valence-corrected chi connectivity index (χ1v) is 4.25. The van der Waals surface area contributed by atoms with Gasteiger partial charge in [0.25, 0.3) is 5.91 Å². The molecule has 16 heavy (non-hydrogen) atoms. The van der Waals surface area contributed by atoms with Gasteiger partial charge in [0.05, 0.1) is 5.39 Å². The predicted molar refractivity (Wildman–Crippen MR) is 52.6 cm³/mol. The Morgan fingerprint density at radius 3 is 2.69 bits per heavy atom. The van der Waals surface area contributed by atoms with Crippen LogP contribution in [0.25, 0.3) is 11.0 Å². The summed E-state index contributed by atoms with van der Waals surface area (Å²) >= 11 is 0. The Balaban J connectivity index is 2.90. The number of fused-ring (bicyclic) bond motifs is 1. The van der Waals surface area contributed by atoms with Gasteiger partial charge in [0.2, 0.25) is 0 Å². The normalized spacial score (nSPS) is 10.6. The van der Waals surface area contributed by atoms with Gasteiger partial charge in [-0.3, -0.25) is 4.79 Å². The maximum absolute atomic E-state index is 13.3. The van der Waals surface area contributed by atoms with Crippen LogP contribution in [0.2, 0.25) is 0 Å². The SMILES string of the molecule is NC(=O)c1cc2c(F)cc(O)cc2oc1=O. The molecule has 0 fully saturated rings. The lowest BCUT2D eigenvalue weighted by molar-refractivity contribution is 0.0997. The van der Waals surface area contributed by atoms with Crippen molar-refractivity contribution in [2.75, 3.05) is 0 Å². The molecule has 1 aromatic carbocycles. The van der Waals surface area contributed by atoms with E-state index >= 15 is 0 Å². The Hall–Kier alpha value is -2.37. The largest absolute Gasteiger partial charge is 0.508 e. The van der Waals surface area contributed by atoms with Gasteiger partial charge in [0.15, 0.2) is 0 Å². The molecule has 1 amide bonds. The van der Waals surface area contributed by atoms with E-state index in [2.05, 4.69) is 4.42 Å². The second kappa shape index (κ2) is 3.34. The zero-order valence-electron chi connectivity index (χ0n) is 7.86. The molecule has 3 N–H and O–H groups in total. The molecule has 0 atom stereocenters. The van der Waals surface area contributed by atoms with Crippen LogP contribution in [0.4, 0.5) is 4.39 Å². The molecule has 0 aliphatic heterocycles. The van der Waals surface area contributed by atoms with Crippen LogP contribution >= 0.6 is 0 Å². The third-order valence-electron chi connectivity index (χ3n) is 2.05. The van der Waals surface area contributed by atoms with Gasteiger partial charge in [-0.2, -0.15) is 0 Å². The fourth-order valence-corrected chi connectivity index (χ4v) is 1.33. The Kier molecular flexibility index (Phi) is 2.12. The van der Waals surface area contributed by atoms with Crippen molar-refractivity contribution in [2.45, 2.75) is 0 Å². The summed E-state index contributed by atoms with van der Waals surface area (Å²) in [6.45, 7) is 0. The monoisotopic (exact) mass is 223 g/mol. The Labute approximate surface area is 87.9 Å². The molecule has 2 aromatic rings. The molecule has 0 unspecified atom stereocenters. The quantitative estimate of drug-likeness (QED) is 0.697. The summed E-state index contributed by atoms with van der Waals surface area (Å²) in [5.41, 5.74) is 3.37. The van der Waals surface area contributed by atoms with Crippen LogP contribution in [0.1, 0.15) is 10.4 Å². The number of rotatable bonds is 1. The van der Waals surface area contributed by atoms with Crippen molar-refractivity contribution in [3.8, 4) is 5.75 Å². The number of phenolic OH excluding ortho intramolecular Hbond substituents is 1. The van der Waals surface area contributed by atoms with Crippen LogP contribution in [-0.2, 0) is 0 Å². The predicted octanol–water partition coefficient (Wildman–Crippen LogP) is 0.737. The molecule has 1 heterocycles. The van der Waals surface area contributed by atoms with E-state index in [4.69, 9.17) is 10.8 Å². The van der Waals surface area contributed by atoms with Crippen molar-refractivity contribution in [3.05, 3.63) is 40.0 Å². The van der Waals surface area contributed by atoms with Gasteiger partial charge in [0.1, 0.15) is 22.7 Å². The molecule has 5 nitrogen and oxygen atoms in total. The third-order valence-corrected chi connectivity index (χ3v) is 2.05. The molecule has 0 bridgehead atoms. The molecule has 82 valence electrons. The van der Waals surface area contributed by atoms with E-state index in [0.717, 1.165) is 18.2 Å². The van der Waals surface area contributed by atoms with Gasteiger partial charge in [0, 0.05) is 12.1 Å². The van der Waals surface area contributed by atoms with E-state index in [-0.39, 0.29) is 16.7 Å². The van der Waals surface area contributed by atoms with Crippen molar-refractivity contribution in [1.82, 2.24) is 0 Å². The smallest absolute Gasteiger partial charge is 0.349 e. The van der Waals surface area contributed by atoms with E-state index in [0.29, 0.717) is 0 Å². The molecule has 0 aliphatic carbocycles. The molecule has 1 aromatic heterocycles. The van der Waals surface area contributed by atoms with Crippen LogP contribution in [0, 0.1) is 5.82 Å². The lowest BCUT2D eigenvalue weighted by Crippen LogP contribution is -2.20. The highest BCUT2D eigenvalue weighted by Gasteiger charge is 2.13. The molecule has 0 aliphatic rings. The highest BCUT2D eigenvalue weighted by molar-refractivity contribution is 5.95. The summed E-state index contributed by atoms with van der Waals surface area (Å²) in [4.78, 5) is 22.1. The maximum atomic E-state index is 13.3. The Morgan fingerprint density at radius 1 is 1.38 bits per heavy atom. The summed E-state index contributed by atoms with van der Waals surface area (Å²) in [5.74, 6) is -2.18. The second-order valence-corrected chi connectivity index (χ2v) is 3.15. The molecule has 0 spiro atoms. The minimum absolute atomic E-state index is 0.0915. The standard InChI is InChI=1S/C10H6FNO4/c11-7-1-4(13)2-8-5(7)3-6(9(12)14)10(15)16-8/h1-3,13H,(H2,12,14). The van der Waals surface area contributed by atoms with Crippen LogP contribution in [0.3, 0.4) is 0 Å². The minimum atomic E-state index is -0.997. The van der Waals surface area contributed by atoms with Gasteiger partial charge in [-0.05, 0) is 6.07 Å². The molecule has 0 saturated carbocycles. The molecule has 6 heteroatoms. The maximum Gasteiger partial charge on any atom is 0.349 e. The van der Waals surface area contributed by atoms with Gasteiger partial charge >= 0.3 is 5.63 Å². The summed E-state index contributed by atoms with van der Waals surface area (Å²) < 4.78 is 18.0. The number of primary amides is 1. The molecule has 0 saturated heterocycles. The third kappa shape index (κ3) is 1.50. The van der Waals surface area contributed by atoms with Crippen molar-refractivity contribution in [1.29, 1.82) is 0 Å². The van der Waals surface area contributed by atoms with Gasteiger partial charge in [-0.25, -0.2) is 9.18 Å². The fourth-order valence-electron chi connectivity index (χ4n) is 1.33. The summed E-state index contributed by atoms with van der Waals surface area (Å²) in [6, 6.07) is 2.91. The topological polar surface area (TPSA) is 93.5 Å². The first kappa shape index (κ1) is 10.2. The van der Waals surface area contributed by atoms with E-state index in [9.17, 15) is 14.0 Å². The Bertz CT molecular complexity index is 647.